The fourth-order valence-electron chi connectivity index (χ4n) is 7.26. The van der Waals surface area contributed by atoms with Gasteiger partial charge in [0.15, 0.2) is 17.5 Å². The van der Waals surface area contributed by atoms with E-state index in [2.05, 4.69) is 146 Å². The molecule has 49 heavy (non-hydrogen) atoms. The fourth-order valence-corrected chi connectivity index (χ4v) is 7.26. The van der Waals surface area contributed by atoms with Crippen molar-refractivity contribution in [1.82, 2.24) is 15.0 Å². The number of nitrogens with zero attached hydrogens (tertiary/aromatic N) is 3. The largest absolute Gasteiger partial charge is 0.455 e. The number of fused-ring (bicyclic) bond motifs is 7. The maximum absolute atomic E-state index is 6.69. The minimum atomic E-state index is 0.599. The molecule has 0 spiro atoms. The lowest BCUT2D eigenvalue weighted by atomic mass is 9.93. The number of rotatable bonds is 4. The number of aromatic nitrogens is 3. The monoisotopic (exact) mass is 625 g/mol. The second-order valence-corrected chi connectivity index (χ2v) is 12.4. The van der Waals surface area contributed by atoms with Crippen molar-refractivity contribution < 1.29 is 4.42 Å². The molecule has 4 nitrogen and oxygen atoms in total. The summed E-state index contributed by atoms with van der Waals surface area (Å²) in [5.74, 6) is 1.85. The smallest absolute Gasteiger partial charge is 0.164 e. The van der Waals surface area contributed by atoms with Gasteiger partial charge in [-0.05, 0) is 50.2 Å². The molecule has 0 amide bonds. The molecule has 10 rings (SSSR count). The lowest BCUT2D eigenvalue weighted by molar-refractivity contribution is 0.672. The summed E-state index contributed by atoms with van der Waals surface area (Å²) in [6.45, 7) is 0. The van der Waals surface area contributed by atoms with Gasteiger partial charge in [0.25, 0.3) is 0 Å². The van der Waals surface area contributed by atoms with E-state index in [0.29, 0.717) is 17.5 Å². The number of benzene rings is 8. The summed E-state index contributed by atoms with van der Waals surface area (Å²) in [7, 11) is 0. The Kier molecular flexibility index (Phi) is 6.15. The van der Waals surface area contributed by atoms with Crippen molar-refractivity contribution in [1.29, 1.82) is 0 Å². The van der Waals surface area contributed by atoms with E-state index in [1.807, 2.05) is 18.2 Å². The molecule has 0 bridgehead atoms. The average molecular weight is 626 g/mol. The molecule has 0 fully saturated rings. The molecule has 0 aliphatic carbocycles. The van der Waals surface area contributed by atoms with Crippen LogP contribution in [0.3, 0.4) is 0 Å². The van der Waals surface area contributed by atoms with Crippen molar-refractivity contribution in [2.75, 3.05) is 0 Å². The van der Waals surface area contributed by atoms with Crippen molar-refractivity contribution in [2.24, 2.45) is 0 Å². The van der Waals surface area contributed by atoms with Crippen LogP contribution in [0.4, 0.5) is 0 Å². The highest BCUT2D eigenvalue weighted by Crippen LogP contribution is 2.43. The van der Waals surface area contributed by atoms with Crippen LogP contribution in [0.25, 0.3) is 99.5 Å². The molecule has 0 unspecified atom stereocenters. The highest BCUT2D eigenvalue weighted by Gasteiger charge is 2.22. The van der Waals surface area contributed by atoms with E-state index in [9.17, 15) is 0 Å². The number of furan rings is 1. The van der Waals surface area contributed by atoms with Crippen LogP contribution in [0, 0.1) is 0 Å². The van der Waals surface area contributed by atoms with Crippen LogP contribution in [0.1, 0.15) is 0 Å². The van der Waals surface area contributed by atoms with E-state index in [4.69, 9.17) is 19.4 Å². The molecule has 2 aromatic heterocycles. The van der Waals surface area contributed by atoms with E-state index in [0.717, 1.165) is 82.1 Å². The van der Waals surface area contributed by atoms with Gasteiger partial charge in [0.05, 0.1) is 0 Å². The number of hydrogen-bond acceptors (Lipinski definition) is 4. The molecule has 0 atom stereocenters. The molecular weight excluding hydrogens is 599 g/mol. The van der Waals surface area contributed by atoms with Crippen molar-refractivity contribution in [3.8, 4) is 45.3 Å². The molecule has 10 aromatic rings. The summed E-state index contributed by atoms with van der Waals surface area (Å²) in [6.07, 6.45) is 0. The maximum atomic E-state index is 6.69. The Balaban J connectivity index is 1.35. The summed E-state index contributed by atoms with van der Waals surface area (Å²) in [5, 5.41) is 8.60. The van der Waals surface area contributed by atoms with Gasteiger partial charge < -0.3 is 4.42 Å². The number of para-hydroxylation sites is 1. The highest BCUT2D eigenvalue weighted by molar-refractivity contribution is 6.22. The normalized spacial score (nSPS) is 11.7. The van der Waals surface area contributed by atoms with E-state index >= 15 is 0 Å². The first kappa shape index (κ1) is 27.5. The van der Waals surface area contributed by atoms with E-state index in [-0.39, 0.29) is 0 Å². The molecule has 228 valence electrons. The second-order valence-electron chi connectivity index (χ2n) is 12.4. The third-order valence-electron chi connectivity index (χ3n) is 9.53. The highest BCUT2D eigenvalue weighted by atomic mass is 16.3. The van der Waals surface area contributed by atoms with Crippen molar-refractivity contribution in [2.45, 2.75) is 0 Å². The van der Waals surface area contributed by atoms with Gasteiger partial charge in [-0.2, -0.15) is 0 Å². The first-order valence-electron chi connectivity index (χ1n) is 16.5. The van der Waals surface area contributed by atoms with E-state index < -0.39 is 0 Å². The summed E-state index contributed by atoms with van der Waals surface area (Å²) in [5.41, 5.74) is 6.74. The van der Waals surface area contributed by atoms with Gasteiger partial charge in [0.2, 0.25) is 0 Å². The summed E-state index contributed by atoms with van der Waals surface area (Å²) in [4.78, 5) is 15.8. The first-order valence-corrected chi connectivity index (χ1v) is 16.5. The molecule has 0 aliphatic rings. The van der Waals surface area contributed by atoms with Crippen molar-refractivity contribution in [3.05, 3.63) is 164 Å². The molecule has 2 heterocycles. The number of hydrogen-bond donors (Lipinski definition) is 0. The van der Waals surface area contributed by atoms with Crippen LogP contribution in [0.5, 0.6) is 0 Å². The lowest BCUT2D eigenvalue weighted by Gasteiger charge is -2.14. The Hall–Kier alpha value is -6.65. The van der Waals surface area contributed by atoms with Crippen LogP contribution in [0.2, 0.25) is 0 Å². The molecule has 4 heteroatoms. The topological polar surface area (TPSA) is 51.8 Å². The third-order valence-corrected chi connectivity index (χ3v) is 9.53. The summed E-state index contributed by atoms with van der Waals surface area (Å²) >= 11 is 0. The van der Waals surface area contributed by atoms with Gasteiger partial charge in [-0.25, -0.2) is 15.0 Å². The van der Waals surface area contributed by atoms with Gasteiger partial charge in [-0.3, -0.25) is 0 Å². The average Bonchev–Trinajstić information content (AvgIpc) is 3.57. The van der Waals surface area contributed by atoms with Crippen LogP contribution < -0.4 is 0 Å². The quantitative estimate of drug-likeness (QED) is 0.195. The van der Waals surface area contributed by atoms with E-state index in [1.54, 1.807) is 0 Å². The second kappa shape index (κ2) is 11.0. The Morgan fingerprint density at radius 2 is 0.837 bits per heavy atom. The predicted octanol–water partition coefficient (Wildman–Crippen LogP) is 11.9. The predicted molar refractivity (Wildman–Crippen MR) is 201 cm³/mol. The maximum Gasteiger partial charge on any atom is 0.164 e. The molecule has 0 saturated carbocycles. The van der Waals surface area contributed by atoms with Gasteiger partial charge in [0, 0.05) is 32.8 Å². The fraction of sp³-hybridized carbons (Fsp3) is 0. The molecular formula is C45H27N3O. The minimum absolute atomic E-state index is 0.599. The Morgan fingerprint density at radius 3 is 1.51 bits per heavy atom. The van der Waals surface area contributed by atoms with Gasteiger partial charge in [0.1, 0.15) is 11.2 Å². The van der Waals surface area contributed by atoms with Gasteiger partial charge in [-0.15, -0.1) is 0 Å². The van der Waals surface area contributed by atoms with Crippen LogP contribution in [0.15, 0.2) is 168 Å². The molecule has 0 radical (unpaired) electrons. The molecule has 0 aliphatic heterocycles. The molecule has 0 saturated heterocycles. The zero-order chi connectivity index (χ0) is 32.3. The molecule has 8 aromatic carbocycles. The standard InChI is InChI=1S/C45H27N3O/c1-2-13-28(14-3-1)33-22-12-23-34-38(33)27-39(41-37-21-8-9-26-40(37)49-42(34)41)45-47-43(35-24-10-17-29-15-4-6-19-31(29)35)46-44(48-45)36-25-11-18-30-16-5-7-20-32(30)36/h1-27H. The Labute approximate surface area is 282 Å². The van der Waals surface area contributed by atoms with E-state index in [1.165, 1.54) is 0 Å². The van der Waals surface area contributed by atoms with Gasteiger partial charge in [-0.1, -0.05) is 152 Å². The Morgan fingerprint density at radius 1 is 0.347 bits per heavy atom. The SMILES string of the molecule is c1ccc(-c2cccc3c2cc(-c2nc(-c4cccc5ccccc45)nc(-c4cccc5ccccc45)n2)c2c4ccccc4oc32)cc1. The van der Waals surface area contributed by atoms with Crippen LogP contribution >= 0.6 is 0 Å². The van der Waals surface area contributed by atoms with Crippen LogP contribution in [-0.2, 0) is 0 Å². The lowest BCUT2D eigenvalue weighted by Crippen LogP contribution is -2.01. The summed E-state index contributed by atoms with van der Waals surface area (Å²) < 4.78 is 6.69. The summed E-state index contributed by atoms with van der Waals surface area (Å²) in [6, 6.07) is 56.8. The van der Waals surface area contributed by atoms with Crippen molar-refractivity contribution in [3.63, 3.8) is 0 Å². The Bertz CT molecular complexity index is 2780. The van der Waals surface area contributed by atoms with Crippen molar-refractivity contribution >= 4 is 54.3 Å². The zero-order valence-electron chi connectivity index (χ0n) is 26.3. The molecule has 0 N–H and O–H groups in total. The van der Waals surface area contributed by atoms with Crippen LogP contribution in [-0.4, -0.2) is 15.0 Å². The first-order chi connectivity index (χ1) is 24.3. The zero-order valence-corrected chi connectivity index (χ0v) is 26.3. The minimum Gasteiger partial charge on any atom is -0.455 e. The van der Waals surface area contributed by atoms with Gasteiger partial charge >= 0.3 is 0 Å². The third kappa shape index (κ3) is 4.42.